The topological polar surface area (TPSA) is 93.1 Å². The van der Waals surface area contributed by atoms with Gasteiger partial charge in [-0.25, -0.2) is 4.39 Å². The van der Waals surface area contributed by atoms with Crippen molar-refractivity contribution in [3.63, 3.8) is 0 Å². The van der Waals surface area contributed by atoms with Crippen molar-refractivity contribution in [3.8, 4) is 0 Å². The van der Waals surface area contributed by atoms with Crippen molar-refractivity contribution in [2.24, 2.45) is 28.6 Å². The Morgan fingerprint density at radius 3 is 2.52 bits per heavy atom. The third-order valence-electron chi connectivity index (χ3n) is 12.2. The lowest BCUT2D eigenvalue weighted by atomic mass is 9.44. The van der Waals surface area contributed by atoms with Gasteiger partial charge in [0.1, 0.15) is 6.61 Å². The van der Waals surface area contributed by atoms with Crippen LogP contribution >= 0.6 is 0 Å². The number of halogens is 1. The van der Waals surface area contributed by atoms with E-state index in [4.69, 9.17) is 9.47 Å². The number of fused-ring (bicyclic) bond motifs is 7. The Morgan fingerprint density at radius 2 is 1.80 bits per heavy atom. The first-order chi connectivity index (χ1) is 21.9. The summed E-state index contributed by atoms with van der Waals surface area (Å²) in [7, 11) is 0. The van der Waals surface area contributed by atoms with Crippen molar-refractivity contribution in [2.75, 3.05) is 6.61 Å². The molecule has 0 aromatic heterocycles. The molecule has 46 heavy (non-hydrogen) atoms. The molecule has 0 spiro atoms. The van der Waals surface area contributed by atoms with Crippen LogP contribution in [-0.2, 0) is 31.9 Å². The van der Waals surface area contributed by atoms with Crippen LogP contribution in [0.25, 0.3) is 0 Å². The Balaban J connectivity index is 1.16. The number of carbonyl (C=O) groups excluding carboxylic acids is 2. The molecule has 5 aliphatic rings. The number of aliphatic hydroxyl groups is 2. The predicted molar refractivity (Wildman–Crippen MR) is 171 cm³/mol. The van der Waals surface area contributed by atoms with Gasteiger partial charge in [-0.1, -0.05) is 81.0 Å². The van der Waals surface area contributed by atoms with E-state index in [0.717, 1.165) is 24.0 Å². The smallest absolute Gasteiger partial charge is 0.193 e. The second kappa shape index (κ2) is 11.0. The normalized spacial score (nSPS) is 39.4. The van der Waals surface area contributed by atoms with Gasteiger partial charge in [-0.3, -0.25) is 9.59 Å². The average Bonchev–Trinajstić information content (AvgIpc) is 3.51. The lowest BCUT2D eigenvalue weighted by molar-refractivity contribution is -0.231. The fraction of sp³-hybridized carbons (Fsp3) is 0.538. The van der Waals surface area contributed by atoms with Crippen molar-refractivity contribution in [1.82, 2.24) is 0 Å². The number of benzene rings is 2. The van der Waals surface area contributed by atoms with E-state index in [1.165, 1.54) is 23.3 Å². The van der Waals surface area contributed by atoms with Gasteiger partial charge in [0.2, 0.25) is 0 Å². The van der Waals surface area contributed by atoms with E-state index in [0.29, 0.717) is 30.8 Å². The van der Waals surface area contributed by atoms with E-state index in [9.17, 15) is 19.8 Å². The molecular formula is C39H45FO6. The van der Waals surface area contributed by atoms with Gasteiger partial charge < -0.3 is 19.7 Å². The minimum Gasteiger partial charge on any atom is -0.390 e. The molecule has 1 saturated heterocycles. The Kier molecular flexibility index (Phi) is 7.59. The maximum absolute atomic E-state index is 17.6. The Hall–Kier alpha value is -2.97. The fourth-order valence-corrected chi connectivity index (χ4v) is 10.1. The highest BCUT2D eigenvalue weighted by molar-refractivity contribution is 6.01. The molecule has 3 saturated carbocycles. The lowest BCUT2D eigenvalue weighted by Crippen LogP contribution is -2.69. The first-order valence-electron chi connectivity index (χ1n) is 16.8. The third kappa shape index (κ3) is 4.42. The van der Waals surface area contributed by atoms with Crippen LogP contribution in [0.1, 0.15) is 81.9 Å². The van der Waals surface area contributed by atoms with E-state index in [1.54, 1.807) is 13.0 Å². The van der Waals surface area contributed by atoms with Gasteiger partial charge in [0.15, 0.2) is 29.1 Å². The van der Waals surface area contributed by atoms with Crippen LogP contribution in [0, 0.1) is 28.6 Å². The number of hydrogen-bond acceptors (Lipinski definition) is 6. The third-order valence-corrected chi connectivity index (χ3v) is 12.2. The van der Waals surface area contributed by atoms with E-state index >= 15 is 4.39 Å². The average molecular weight is 629 g/mol. The van der Waals surface area contributed by atoms with Crippen LogP contribution < -0.4 is 0 Å². The lowest BCUT2D eigenvalue weighted by Gasteiger charge is -2.62. The quantitative estimate of drug-likeness (QED) is 0.381. The number of aliphatic hydroxyl groups excluding tert-OH is 2. The molecule has 7 rings (SSSR count). The molecule has 1 aliphatic heterocycles. The SMILES string of the molecule is CC(C)Cc1cccc(Cc2ccc([C@@H]3O[C@@H]4C[C@H]5[C@@H]6CCC7=CC(=O)C=C[C@]7(C)[C@@]6(F)[C@@H](O)C[C@]5(C)[C@]4(C(=O)CO)O3)cc2)c1. The van der Waals surface area contributed by atoms with Crippen molar-refractivity contribution in [2.45, 2.75) is 96.0 Å². The van der Waals surface area contributed by atoms with Crippen molar-refractivity contribution in [3.05, 3.63) is 94.6 Å². The van der Waals surface area contributed by atoms with Gasteiger partial charge in [-0.15, -0.1) is 0 Å². The van der Waals surface area contributed by atoms with Crippen molar-refractivity contribution >= 4 is 11.6 Å². The highest BCUT2D eigenvalue weighted by atomic mass is 19.1. The fourth-order valence-electron chi connectivity index (χ4n) is 10.1. The predicted octanol–water partition coefficient (Wildman–Crippen LogP) is 6.17. The number of rotatable bonds is 7. The monoisotopic (exact) mass is 628 g/mol. The number of alkyl halides is 1. The molecule has 2 aromatic rings. The van der Waals surface area contributed by atoms with Crippen LogP contribution in [0.15, 0.2) is 72.3 Å². The molecular weight excluding hydrogens is 583 g/mol. The zero-order valence-corrected chi connectivity index (χ0v) is 27.2. The summed E-state index contributed by atoms with van der Waals surface area (Å²) in [5.74, 6) is -0.983. The molecule has 6 nitrogen and oxygen atoms in total. The standard InChI is InChI=1S/C39H45FO6/c1-23(2)16-25-6-5-7-26(18-25)17-24-8-10-27(11-9-24)35-45-34-20-31-30-13-12-28-19-29(42)14-15-36(28,3)38(30,40)32(43)21-37(31,4)39(34,46-35)33(44)22-41/h5-11,14-15,18-19,23,30-32,34-35,41,43H,12-13,16-17,20-22H2,1-4H3/t30-,31-,32-,34+,35+,36-,37-,38-,39+/m0/s1. The first kappa shape index (κ1) is 31.6. The van der Waals surface area contributed by atoms with Crippen LogP contribution in [0.2, 0.25) is 0 Å². The highest BCUT2D eigenvalue weighted by Crippen LogP contribution is 2.72. The van der Waals surface area contributed by atoms with Crippen LogP contribution in [0.5, 0.6) is 0 Å². The minimum atomic E-state index is -2.02. The van der Waals surface area contributed by atoms with Gasteiger partial charge in [0, 0.05) is 22.3 Å². The molecule has 0 amide bonds. The number of hydrogen-bond donors (Lipinski definition) is 2. The maximum atomic E-state index is 17.6. The second-order valence-electron chi connectivity index (χ2n) is 15.2. The van der Waals surface area contributed by atoms with Crippen molar-refractivity contribution in [1.29, 1.82) is 0 Å². The van der Waals surface area contributed by atoms with Crippen LogP contribution in [0.3, 0.4) is 0 Å². The Labute approximate surface area is 270 Å². The minimum absolute atomic E-state index is 0.0253. The molecule has 2 N–H and O–H groups in total. The molecule has 9 atom stereocenters. The molecule has 7 heteroatoms. The summed E-state index contributed by atoms with van der Waals surface area (Å²) in [6.45, 7) is 7.39. The van der Waals surface area contributed by atoms with Gasteiger partial charge in [-0.05, 0) is 86.1 Å². The highest BCUT2D eigenvalue weighted by Gasteiger charge is 2.79. The first-order valence-corrected chi connectivity index (χ1v) is 16.8. The summed E-state index contributed by atoms with van der Waals surface area (Å²) in [4.78, 5) is 26.0. The molecule has 0 bridgehead atoms. The maximum Gasteiger partial charge on any atom is 0.193 e. The van der Waals surface area contributed by atoms with Gasteiger partial charge in [0.05, 0.1) is 12.2 Å². The second-order valence-corrected chi connectivity index (χ2v) is 15.2. The summed E-state index contributed by atoms with van der Waals surface area (Å²) in [5, 5.41) is 22.0. The Bertz CT molecular complexity index is 1610. The van der Waals surface area contributed by atoms with E-state index in [1.807, 2.05) is 19.1 Å². The molecule has 4 aliphatic carbocycles. The van der Waals surface area contributed by atoms with Gasteiger partial charge in [0.25, 0.3) is 0 Å². The molecule has 0 radical (unpaired) electrons. The van der Waals surface area contributed by atoms with E-state index in [-0.39, 0.29) is 18.1 Å². The number of Topliss-reactive ketones (excluding diaryl/α,β-unsaturated/α-hetero) is 1. The van der Waals surface area contributed by atoms with Crippen LogP contribution in [0.4, 0.5) is 4.39 Å². The molecule has 4 fully saturated rings. The summed E-state index contributed by atoms with van der Waals surface area (Å²) in [6, 6.07) is 16.7. The summed E-state index contributed by atoms with van der Waals surface area (Å²) in [5.41, 5.74) is -0.453. The van der Waals surface area contributed by atoms with E-state index < -0.39 is 58.9 Å². The molecule has 244 valence electrons. The summed E-state index contributed by atoms with van der Waals surface area (Å²) in [6.07, 6.45) is 4.77. The number of ether oxygens (including phenoxy) is 2. The molecule has 0 unspecified atom stereocenters. The zero-order valence-electron chi connectivity index (χ0n) is 27.2. The number of carbonyl (C=O) groups is 2. The summed E-state index contributed by atoms with van der Waals surface area (Å²) < 4.78 is 30.8. The van der Waals surface area contributed by atoms with Gasteiger partial charge in [-0.2, -0.15) is 0 Å². The van der Waals surface area contributed by atoms with Crippen LogP contribution in [-0.4, -0.2) is 51.9 Å². The van der Waals surface area contributed by atoms with Crippen molar-refractivity contribution < 1.29 is 33.7 Å². The van der Waals surface area contributed by atoms with E-state index in [2.05, 4.69) is 50.2 Å². The number of ketones is 2. The largest absolute Gasteiger partial charge is 0.390 e. The van der Waals surface area contributed by atoms with Gasteiger partial charge >= 0.3 is 0 Å². The zero-order chi connectivity index (χ0) is 32.6. The number of allylic oxidation sites excluding steroid dienone is 4. The Morgan fingerprint density at radius 1 is 1.07 bits per heavy atom. The molecule has 1 heterocycles. The summed E-state index contributed by atoms with van der Waals surface area (Å²) >= 11 is 0. The molecule has 2 aromatic carbocycles.